The Labute approximate surface area is 146 Å². The first-order valence-electron chi connectivity index (χ1n) is 7.63. The summed E-state index contributed by atoms with van der Waals surface area (Å²) in [5, 5.41) is 0. The largest absolute Gasteiger partial charge is 0.430 e. The zero-order chi connectivity index (χ0) is 18.4. The van der Waals surface area contributed by atoms with Crippen molar-refractivity contribution in [3.05, 3.63) is 59.7 Å². The molecule has 1 aliphatic rings. The highest BCUT2D eigenvalue weighted by molar-refractivity contribution is 7.93. The van der Waals surface area contributed by atoms with E-state index in [1.54, 1.807) is 24.3 Å². The van der Waals surface area contributed by atoms with E-state index in [1.807, 2.05) is 6.92 Å². The lowest BCUT2D eigenvalue weighted by atomic mass is 10.1. The second-order valence-corrected chi connectivity index (χ2v) is 7.79. The van der Waals surface area contributed by atoms with Crippen molar-refractivity contribution < 1.29 is 22.7 Å². The number of hydrogen-bond donors (Lipinski definition) is 0. The summed E-state index contributed by atoms with van der Waals surface area (Å²) < 4.78 is 32.6. The van der Waals surface area contributed by atoms with E-state index in [4.69, 9.17) is 4.74 Å². The Hall–Kier alpha value is -2.67. The summed E-state index contributed by atoms with van der Waals surface area (Å²) in [6, 6.07) is 12.6. The van der Waals surface area contributed by atoms with Gasteiger partial charge in [-0.05, 0) is 31.2 Å². The molecule has 0 aliphatic carbocycles. The Morgan fingerprint density at radius 3 is 2.28 bits per heavy atom. The second-order valence-electron chi connectivity index (χ2n) is 6.01. The molecule has 0 spiro atoms. The molecule has 0 bridgehead atoms. The van der Waals surface area contributed by atoms with Gasteiger partial charge in [-0.3, -0.25) is 9.59 Å². The normalized spacial score (nSPS) is 19.6. The van der Waals surface area contributed by atoms with Gasteiger partial charge in [0.25, 0.3) is 15.7 Å². The first kappa shape index (κ1) is 17.2. The number of hydrogen-bond acceptors (Lipinski definition) is 5. The van der Waals surface area contributed by atoms with Crippen LogP contribution in [0.15, 0.2) is 53.4 Å². The standard InChI is InChI=1S/C18H17NO5S/c1-12-8-10-14(11-9-12)25(22,23)19-16-7-5-4-6-15(16)17(21)18(19,3)24-13(2)20/h4-11H,1-3H3. The first-order chi connectivity index (χ1) is 11.7. The highest BCUT2D eigenvalue weighted by atomic mass is 32.2. The first-order valence-corrected chi connectivity index (χ1v) is 9.07. The Morgan fingerprint density at radius 2 is 1.68 bits per heavy atom. The van der Waals surface area contributed by atoms with Crippen LogP contribution in [0.1, 0.15) is 29.8 Å². The fourth-order valence-corrected chi connectivity index (χ4v) is 4.64. The lowest BCUT2D eigenvalue weighted by molar-refractivity contribution is -0.149. The third-order valence-corrected chi connectivity index (χ3v) is 5.97. The molecular weight excluding hydrogens is 342 g/mol. The number of Topliss-reactive ketones (excluding diaryl/α,β-unsaturated/α-hetero) is 1. The van der Waals surface area contributed by atoms with Crippen LogP contribution in [0.25, 0.3) is 0 Å². The zero-order valence-corrected chi connectivity index (χ0v) is 14.8. The summed E-state index contributed by atoms with van der Waals surface area (Å²) in [6.45, 7) is 4.27. The number of ether oxygens (including phenoxy) is 1. The number of sulfonamides is 1. The van der Waals surface area contributed by atoms with E-state index >= 15 is 0 Å². The highest BCUT2D eigenvalue weighted by Gasteiger charge is 2.56. The SMILES string of the molecule is CC(=O)OC1(C)C(=O)c2ccccc2N1S(=O)(=O)c1ccc(C)cc1. The molecule has 0 saturated heterocycles. The van der Waals surface area contributed by atoms with Crippen LogP contribution < -0.4 is 4.31 Å². The second kappa shape index (κ2) is 5.70. The predicted octanol–water partition coefficient (Wildman–Crippen LogP) is 2.67. The van der Waals surface area contributed by atoms with Crippen LogP contribution in [-0.2, 0) is 19.6 Å². The molecule has 0 saturated carbocycles. The number of para-hydroxylation sites is 1. The third-order valence-electron chi connectivity index (χ3n) is 4.08. The fraction of sp³-hybridized carbons (Fsp3) is 0.222. The van der Waals surface area contributed by atoms with E-state index in [0.29, 0.717) is 0 Å². The maximum Gasteiger partial charge on any atom is 0.305 e. The van der Waals surface area contributed by atoms with Crippen molar-refractivity contribution >= 4 is 27.5 Å². The van der Waals surface area contributed by atoms with E-state index < -0.39 is 27.5 Å². The van der Waals surface area contributed by atoms with Crippen LogP contribution in [0, 0.1) is 6.92 Å². The molecule has 0 fully saturated rings. The Balaban J connectivity index is 2.24. The molecule has 3 rings (SSSR count). The summed E-state index contributed by atoms with van der Waals surface area (Å²) in [5.74, 6) is -1.32. The molecule has 2 aromatic rings. The van der Waals surface area contributed by atoms with Gasteiger partial charge in [-0.15, -0.1) is 0 Å². The molecule has 0 N–H and O–H groups in total. The van der Waals surface area contributed by atoms with Gasteiger partial charge in [-0.25, -0.2) is 12.7 Å². The number of fused-ring (bicyclic) bond motifs is 1. The molecule has 0 radical (unpaired) electrons. The van der Waals surface area contributed by atoms with E-state index in [0.717, 1.165) is 16.8 Å². The summed E-state index contributed by atoms with van der Waals surface area (Å²) in [6.07, 6.45) is 0. The number of ketones is 1. The van der Waals surface area contributed by atoms with Gasteiger partial charge in [-0.1, -0.05) is 29.8 Å². The molecule has 1 unspecified atom stereocenters. The maximum atomic E-state index is 13.2. The van der Waals surface area contributed by atoms with Crippen LogP contribution >= 0.6 is 0 Å². The molecule has 2 aromatic carbocycles. The monoisotopic (exact) mass is 359 g/mol. The van der Waals surface area contributed by atoms with Gasteiger partial charge in [-0.2, -0.15) is 0 Å². The maximum absolute atomic E-state index is 13.2. The van der Waals surface area contributed by atoms with Gasteiger partial charge < -0.3 is 4.74 Å². The van der Waals surface area contributed by atoms with Crippen LogP contribution in [0.3, 0.4) is 0 Å². The van der Waals surface area contributed by atoms with Crippen molar-refractivity contribution in [3.8, 4) is 0 Å². The molecule has 130 valence electrons. The Bertz CT molecular complexity index is 965. The van der Waals surface area contributed by atoms with Gasteiger partial charge >= 0.3 is 5.97 Å². The van der Waals surface area contributed by atoms with Crippen molar-refractivity contribution in [3.63, 3.8) is 0 Å². The van der Waals surface area contributed by atoms with Crippen molar-refractivity contribution in [2.75, 3.05) is 4.31 Å². The molecule has 0 amide bonds. The molecular formula is C18H17NO5S. The predicted molar refractivity (Wildman–Crippen MR) is 91.8 cm³/mol. The Kier molecular flexibility index (Phi) is 3.91. The van der Waals surface area contributed by atoms with E-state index in [2.05, 4.69) is 0 Å². The third kappa shape index (κ3) is 2.60. The number of esters is 1. The lowest BCUT2D eigenvalue weighted by Crippen LogP contribution is -2.53. The average Bonchev–Trinajstić information content (AvgIpc) is 2.75. The average molecular weight is 359 g/mol. The number of benzene rings is 2. The van der Waals surface area contributed by atoms with Gasteiger partial charge in [0, 0.05) is 19.4 Å². The zero-order valence-electron chi connectivity index (χ0n) is 14.0. The number of carbonyl (C=O) groups is 2. The van der Waals surface area contributed by atoms with Crippen molar-refractivity contribution in [2.24, 2.45) is 0 Å². The quantitative estimate of drug-likeness (QED) is 0.787. The number of carbonyl (C=O) groups excluding carboxylic acids is 2. The number of rotatable bonds is 3. The minimum absolute atomic E-state index is 0.0148. The minimum atomic E-state index is -4.12. The molecule has 25 heavy (non-hydrogen) atoms. The number of nitrogens with zero attached hydrogens (tertiary/aromatic N) is 1. The molecule has 6 nitrogen and oxygen atoms in total. The molecule has 1 atom stereocenters. The van der Waals surface area contributed by atoms with Crippen LogP contribution in [-0.4, -0.2) is 25.9 Å². The molecule has 0 aromatic heterocycles. The van der Waals surface area contributed by atoms with E-state index in [1.165, 1.54) is 31.2 Å². The molecule has 7 heteroatoms. The summed E-state index contributed by atoms with van der Waals surface area (Å²) in [4.78, 5) is 24.4. The Morgan fingerprint density at radius 1 is 1.08 bits per heavy atom. The van der Waals surface area contributed by atoms with Gasteiger partial charge in [0.1, 0.15) is 0 Å². The lowest BCUT2D eigenvalue weighted by Gasteiger charge is -2.33. The van der Waals surface area contributed by atoms with Crippen LogP contribution in [0.2, 0.25) is 0 Å². The van der Waals surface area contributed by atoms with Gasteiger partial charge in [0.2, 0.25) is 5.78 Å². The number of anilines is 1. The van der Waals surface area contributed by atoms with E-state index in [9.17, 15) is 18.0 Å². The molecule has 1 heterocycles. The molecule has 1 aliphatic heterocycles. The van der Waals surface area contributed by atoms with Gasteiger partial charge in [0.15, 0.2) is 0 Å². The van der Waals surface area contributed by atoms with Crippen molar-refractivity contribution in [1.82, 2.24) is 0 Å². The fourth-order valence-electron chi connectivity index (χ4n) is 2.96. The minimum Gasteiger partial charge on any atom is -0.430 e. The van der Waals surface area contributed by atoms with Crippen molar-refractivity contribution in [2.45, 2.75) is 31.4 Å². The summed E-state index contributed by atoms with van der Waals surface area (Å²) in [5.41, 5.74) is -0.669. The van der Waals surface area contributed by atoms with Crippen molar-refractivity contribution in [1.29, 1.82) is 0 Å². The topological polar surface area (TPSA) is 80.8 Å². The summed E-state index contributed by atoms with van der Waals surface area (Å²) in [7, 11) is -4.12. The smallest absolute Gasteiger partial charge is 0.305 e. The number of aryl methyl sites for hydroxylation is 1. The van der Waals surface area contributed by atoms with Crippen LogP contribution in [0.4, 0.5) is 5.69 Å². The van der Waals surface area contributed by atoms with Gasteiger partial charge in [0.05, 0.1) is 10.6 Å². The van der Waals surface area contributed by atoms with Crippen LogP contribution in [0.5, 0.6) is 0 Å². The highest BCUT2D eigenvalue weighted by Crippen LogP contribution is 2.43. The summed E-state index contributed by atoms with van der Waals surface area (Å²) >= 11 is 0. The van der Waals surface area contributed by atoms with E-state index in [-0.39, 0.29) is 16.1 Å².